The van der Waals surface area contributed by atoms with Crippen molar-refractivity contribution in [2.24, 2.45) is 5.10 Å². The average molecular weight is 430 g/mol. The van der Waals surface area contributed by atoms with Crippen LogP contribution in [0.2, 0.25) is 5.02 Å². The number of anilines is 1. The van der Waals surface area contributed by atoms with Gasteiger partial charge in [0, 0.05) is 15.9 Å². The first kappa shape index (κ1) is 17.3. The minimum absolute atomic E-state index is 0.0807. The largest absolute Gasteiger partial charge is 0.254 e. The van der Waals surface area contributed by atoms with Gasteiger partial charge in [0.2, 0.25) is 0 Å². The number of rotatable bonds is 3. The average Bonchev–Trinajstić information content (AvgIpc) is 3.08. The van der Waals surface area contributed by atoms with Crippen LogP contribution in [-0.4, -0.2) is 5.71 Å². The summed E-state index contributed by atoms with van der Waals surface area (Å²) in [5.74, 6) is -0.285. The van der Waals surface area contributed by atoms with Gasteiger partial charge in [0.1, 0.15) is 5.82 Å². The van der Waals surface area contributed by atoms with E-state index in [1.54, 1.807) is 17.1 Å². The zero-order chi connectivity index (χ0) is 18.1. The van der Waals surface area contributed by atoms with Crippen molar-refractivity contribution in [2.45, 2.75) is 12.5 Å². The van der Waals surface area contributed by atoms with Crippen LogP contribution >= 0.6 is 27.5 Å². The number of benzene rings is 3. The van der Waals surface area contributed by atoms with E-state index in [1.165, 1.54) is 6.07 Å². The summed E-state index contributed by atoms with van der Waals surface area (Å²) in [6.45, 7) is 0. The third kappa shape index (κ3) is 3.39. The highest BCUT2D eigenvalue weighted by Gasteiger charge is 2.31. The second-order valence-corrected chi connectivity index (χ2v) is 7.47. The second kappa shape index (κ2) is 7.22. The van der Waals surface area contributed by atoms with Crippen molar-refractivity contribution >= 4 is 38.9 Å². The smallest absolute Gasteiger partial charge is 0.148 e. The summed E-state index contributed by atoms with van der Waals surface area (Å²) in [6, 6.07) is 22.3. The number of hydrogen-bond acceptors (Lipinski definition) is 2. The topological polar surface area (TPSA) is 15.6 Å². The quantitative estimate of drug-likeness (QED) is 0.458. The zero-order valence-corrected chi connectivity index (χ0v) is 16.1. The molecule has 0 amide bonds. The van der Waals surface area contributed by atoms with E-state index in [0.29, 0.717) is 17.1 Å². The summed E-state index contributed by atoms with van der Waals surface area (Å²) in [4.78, 5) is 0. The molecule has 0 aromatic heterocycles. The van der Waals surface area contributed by atoms with Gasteiger partial charge in [0.15, 0.2) is 0 Å². The summed E-state index contributed by atoms with van der Waals surface area (Å²) in [5, 5.41) is 7.21. The first-order chi connectivity index (χ1) is 12.6. The van der Waals surface area contributed by atoms with E-state index in [-0.39, 0.29) is 11.9 Å². The third-order valence-corrected chi connectivity index (χ3v) is 5.22. The summed E-state index contributed by atoms with van der Waals surface area (Å²) >= 11 is 9.48. The molecule has 0 saturated carbocycles. The molecule has 4 rings (SSSR count). The van der Waals surface area contributed by atoms with Gasteiger partial charge in [-0.1, -0.05) is 63.9 Å². The fourth-order valence-corrected chi connectivity index (χ4v) is 3.52. The molecule has 2 nitrogen and oxygen atoms in total. The first-order valence-electron chi connectivity index (χ1n) is 8.24. The molecule has 1 aliphatic rings. The molecule has 0 saturated heterocycles. The summed E-state index contributed by atoms with van der Waals surface area (Å²) in [6.07, 6.45) is 0.692. The molecule has 0 N–H and O–H groups in total. The number of para-hydroxylation sites is 1. The van der Waals surface area contributed by atoms with E-state index < -0.39 is 0 Å². The predicted octanol–water partition coefficient (Wildman–Crippen LogP) is 6.60. The Kier molecular flexibility index (Phi) is 4.79. The molecule has 0 unspecified atom stereocenters. The number of halogens is 3. The van der Waals surface area contributed by atoms with Crippen molar-refractivity contribution in [3.8, 4) is 0 Å². The Bertz CT molecular complexity index is 955. The molecule has 0 fully saturated rings. The molecular weight excluding hydrogens is 415 g/mol. The van der Waals surface area contributed by atoms with Crippen LogP contribution in [0.3, 0.4) is 0 Å². The first-order valence-corrected chi connectivity index (χ1v) is 9.41. The lowest BCUT2D eigenvalue weighted by Gasteiger charge is -2.24. The maximum Gasteiger partial charge on any atom is 0.148 e. The standard InChI is InChI=1S/C21H15BrClFN2/c22-16-9-5-14(6-10-16)19-13-21(15-7-11-17(23)12-8-15)26(25-19)20-4-2-1-3-18(20)24/h1-12,21H,13H2/t21-/m1/s1. The van der Waals surface area contributed by atoms with Crippen LogP contribution in [0.15, 0.2) is 82.4 Å². The monoisotopic (exact) mass is 428 g/mol. The lowest BCUT2D eigenvalue weighted by Crippen LogP contribution is -2.19. The molecule has 1 heterocycles. The van der Waals surface area contributed by atoms with Gasteiger partial charge in [-0.25, -0.2) is 4.39 Å². The van der Waals surface area contributed by atoms with E-state index in [9.17, 15) is 4.39 Å². The van der Waals surface area contributed by atoms with Gasteiger partial charge in [-0.3, -0.25) is 5.01 Å². The van der Waals surface area contributed by atoms with Crippen molar-refractivity contribution in [3.63, 3.8) is 0 Å². The highest BCUT2D eigenvalue weighted by molar-refractivity contribution is 9.10. The third-order valence-electron chi connectivity index (χ3n) is 4.44. The van der Waals surface area contributed by atoms with E-state index in [2.05, 4.69) is 15.9 Å². The molecule has 26 heavy (non-hydrogen) atoms. The van der Waals surface area contributed by atoms with Crippen molar-refractivity contribution in [3.05, 3.63) is 99.2 Å². The minimum atomic E-state index is -0.285. The van der Waals surface area contributed by atoms with Gasteiger partial charge < -0.3 is 0 Å². The molecule has 1 atom stereocenters. The lowest BCUT2D eigenvalue weighted by atomic mass is 9.98. The van der Waals surface area contributed by atoms with Crippen molar-refractivity contribution in [2.75, 3.05) is 5.01 Å². The van der Waals surface area contributed by atoms with E-state index in [4.69, 9.17) is 16.7 Å². The summed E-state index contributed by atoms with van der Waals surface area (Å²) in [5.41, 5.74) is 3.49. The van der Waals surface area contributed by atoms with Gasteiger partial charge in [0.25, 0.3) is 0 Å². The molecule has 3 aromatic rings. The predicted molar refractivity (Wildman–Crippen MR) is 108 cm³/mol. The van der Waals surface area contributed by atoms with Crippen LogP contribution in [0, 0.1) is 5.82 Å². The normalized spacial score (nSPS) is 16.7. The fourth-order valence-electron chi connectivity index (χ4n) is 3.13. The van der Waals surface area contributed by atoms with E-state index in [1.807, 2.05) is 54.6 Å². The second-order valence-electron chi connectivity index (χ2n) is 6.12. The molecule has 3 aromatic carbocycles. The van der Waals surface area contributed by atoms with Gasteiger partial charge in [0.05, 0.1) is 17.4 Å². The molecule has 130 valence electrons. The van der Waals surface area contributed by atoms with Crippen LogP contribution < -0.4 is 5.01 Å². The van der Waals surface area contributed by atoms with Crippen LogP contribution in [0.25, 0.3) is 0 Å². The van der Waals surface area contributed by atoms with Crippen LogP contribution in [0.1, 0.15) is 23.6 Å². The number of nitrogens with zero attached hydrogens (tertiary/aromatic N) is 2. The Morgan fingerprint density at radius 1 is 0.962 bits per heavy atom. The van der Waals surface area contributed by atoms with E-state index in [0.717, 1.165) is 21.3 Å². The Morgan fingerprint density at radius 3 is 2.35 bits per heavy atom. The fraction of sp³-hybridized carbons (Fsp3) is 0.0952. The van der Waals surface area contributed by atoms with E-state index >= 15 is 0 Å². The Hall–Kier alpha value is -2.17. The summed E-state index contributed by atoms with van der Waals surface area (Å²) in [7, 11) is 0. The van der Waals surface area contributed by atoms with Crippen molar-refractivity contribution < 1.29 is 4.39 Å². The molecule has 0 bridgehead atoms. The minimum Gasteiger partial charge on any atom is -0.254 e. The molecule has 1 aliphatic heterocycles. The van der Waals surface area contributed by atoms with Crippen molar-refractivity contribution in [1.82, 2.24) is 0 Å². The van der Waals surface area contributed by atoms with Gasteiger partial charge >= 0.3 is 0 Å². The van der Waals surface area contributed by atoms with Gasteiger partial charge in [-0.15, -0.1) is 0 Å². The SMILES string of the molecule is Fc1ccccc1N1N=C(c2ccc(Br)cc2)C[C@@H]1c1ccc(Cl)cc1. The number of hydrazone groups is 1. The molecule has 0 spiro atoms. The lowest BCUT2D eigenvalue weighted by molar-refractivity contribution is 0.606. The zero-order valence-electron chi connectivity index (χ0n) is 13.7. The maximum atomic E-state index is 14.4. The molecule has 0 radical (unpaired) electrons. The van der Waals surface area contributed by atoms with Crippen LogP contribution in [0.5, 0.6) is 0 Å². The molecular formula is C21H15BrClFN2. The summed E-state index contributed by atoms with van der Waals surface area (Å²) < 4.78 is 15.5. The Labute approximate surface area is 165 Å². The van der Waals surface area contributed by atoms with Crippen LogP contribution in [-0.2, 0) is 0 Å². The van der Waals surface area contributed by atoms with Gasteiger partial charge in [-0.2, -0.15) is 5.10 Å². The molecule has 5 heteroatoms. The Balaban J connectivity index is 1.77. The maximum absolute atomic E-state index is 14.4. The highest BCUT2D eigenvalue weighted by Crippen LogP contribution is 2.38. The van der Waals surface area contributed by atoms with Crippen LogP contribution in [0.4, 0.5) is 10.1 Å². The number of hydrogen-bond donors (Lipinski definition) is 0. The van der Waals surface area contributed by atoms with Crippen molar-refractivity contribution in [1.29, 1.82) is 0 Å². The highest BCUT2D eigenvalue weighted by atomic mass is 79.9. The van der Waals surface area contributed by atoms with Gasteiger partial charge in [-0.05, 0) is 47.5 Å². The molecule has 0 aliphatic carbocycles. The Morgan fingerprint density at radius 2 is 1.65 bits per heavy atom.